The zero-order chi connectivity index (χ0) is 13.0. The van der Waals surface area contributed by atoms with E-state index in [1.165, 1.54) is 0 Å². The molecular formula is C13H17ClN2O2. The van der Waals surface area contributed by atoms with Gasteiger partial charge in [-0.05, 0) is 37.0 Å². The van der Waals surface area contributed by atoms with Gasteiger partial charge in [0, 0.05) is 29.4 Å². The van der Waals surface area contributed by atoms with E-state index in [1.54, 1.807) is 18.2 Å². The molecule has 0 aromatic heterocycles. The van der Waals surface area contributed by atoms with Gasteiger partial charge in [0.1, 0.15) is 0 Å². The lowest BCUT2D eigenvalue weighted by Gasteiger charge is -2.22. The van der Waals surface area contributed by atoms with Gasteiger partial charge < -0.3 is 15.8 Å². The zero-order valence-corrected chi connectivity index (χ0v) is 10.9. The van der Waals surface area contributed by atoms with Gasteiger partial charge in [-0.2, -0.15) is 0 Å². The Kier molecular flexibility index (Phi) is 4.44. The molecule has 1 fully saturated rings. The topological polar surface area (TPSA) is 64.4 Å². The number of hydrogen-bond acceptors (Lipinski definition) is 3. The van der Waals surface area contributed by atoms with Crippen molar-refractivity contribution >= 4 is 23.2 Å². The van der Waals surface area contributed by atoms with Gasteiger partial charge in [-0.3, -0.25) is 4.79 Å². The molecule has 1 aliphatic heterocycles. The Balaban J connectivity index is 1.90. The number of hydrogen-bond donors (Lipinski definition) is 2. The average Bonchev–Trinajstić information content (AvgIpc) is 2.36. The number of carbonyl (C=O) groups excluding carboxylic acids is 1. The molecule has 0 saturated carbocycles. The Morgan fingerprint density at radius 3 is 3.00 bits per heavy atom. The van der Waals surface area contributed by atoms with E-state index < -0.39 is 0 Å². The minimum absolute atomic E-state index is 0.144. The number of halogens is 1. The van der Waals surface area contributed by atoms with Gasteiger partial charge in [0.15, 0.2) is 0 Å². The van der Waals surface area contributed by atoms with Gasteiger partial charge in [-0.25, -0.2) is 0 Å². The number of rotatable bonds is 3. The van der Waals surface area contributed by atoms with E-state index in [-0.39, 0.29) is 5.91 Å². The smallest absolute Gasteiger partial charge is 0.251 e. The second-order valence-corrected chi connectivity index (χ2v) is 5.00. The highest BCUT2D eigenvalue weighted by Gasteiger charge is 2.15. The van der Waals surface area contributed by atoms with E-state index in [0.29, 0.717) is 28.7 Å². The van der Waals surface area contributed by atoms with Crippen molar-refractivity contribution in [1.82, 2.24) is 5.32 Å². The Hall–Kier alpha value is -1.26. The molecule has 1 aliphatic rings. The van der Waals surface area contributed by atoms with Crippen molar-refractivity contribution in [2.75, 3.05) is 25.5 Å². The molecular weight excluding hydrogens is 252 g/mol. The van der Waals surface area contributed by atoms with E-state index in [0.717, 1.165) is 26.1 Å². The summed E-state index contributed by atoms with van der Waals surface area (Å²) in [5.74, 6) is 0.258. The third kappa shape index (κ3) is 3.62. The summed E-state index contributed by atoms with van der Waals surface area (Å²) in [6, 6.07) is 4.86. The predicted octanol–water partition coefficient (Wildman–Crippen LogP) is 2.08. The first-order valence-electron chi connectivity index (χ1n) is 6.07. The van der Waals surface area contributed by atoms with E-state index in [1.807, 2.05) is 0 Å². The zero-order valence-electron chi connectivity index (χ0n) is 10.1. The molecule has 1 atom stereocenters. The van der Waals surface area contributed by atoms with E-state index in [9.17, 15) is 4.79 Å². The Labute approximate surface area is 111 Å². The SMILES string of the molecule is Nc1cc(Cl)cc(C(=O)NCC2CCCOC2)c1. The lowest BCUT2D eigenvalue weighted by molar-refractivity contribution is 0.0536. The van der Waals surface area contributed by atoms with Crippen LogP contribution in [0.5, 0.6) is 0 Å². The highest BCUT2D eigenvalue weighted by atomic mass is 35.5. The van der Waals surface area contributed by atoms with E-state index in [4.69, 9.17) is 22.1 Å². The maximum atomic E-state index is 11.9. The molecule has 3 N–H and O–H groups in total. The molecule has 1 unspecified atom stereocenters. The minimum Gasteiger partial charge on any atom is -0.399 e. The number of amides is 1. The van der Waals surface area contributed by atoms with Gasteiger partial charge in [0.05, 0.1) is 6.61 Å². The number of ether oxygens (including phenoxy) is 1. The van der Waals surface area contributed by atoms with Crippen LogP contribution in [-0.4, -0.2) is 25.7 Å². The fourth-order valence-corrected chi connectivity index (χ4v) is 2.29. The van der Waals surface area contributed by atoms with Crippen LogP contribution >= 0.6 is 11.6 Å². The molecule has 0 bridgehead atoms. The predicted molar refractivity (Wildman–Crippen MR) is 71.7 cm³/mol. The second-order valence-electron chi connectivity index (χ2n) is 4.57. The van der Waals surface area contributed by atoms with Gasteiger partial charge in [-0.1, -0.05) is 11.6 Å². The summed E-state index contributed by atoms with van der Waals surface area (Å²) in [7, 11) is 0. The number of benzene rings is 1. The molecule has 1 aromatic rings. The van der Waals surface area contributed by atoms with Crippen LogP contribution in [0.1, 0.15) is 23.2 Å². The molecule has 5 heteroatoms. The first kappa shape index (κ1) is 13.2. The molecule has 18 heavy (non-hydrogen) atoms. The fourth-order valence-electron chi connectivity index (χ4n) is 2.05. The first-order chi connectivity index (χ1) is 8.65. The molecule has 0 radical (unpaired) electrons. The largest absolute Gasteiger partial charge is 0.399 e. The van der Waals surface area contributed by atoms with Gasteiger partial charge in [-0.15, -0.1) is 0 Å². The van der Waals surface area contributed by atoms with Crippen molar-refractivity contribution in [3.63, 3.8) is 0 Å². The second kappa shape index (κ2) is 6.07. The van der Waals surface area contributed by atoms with Crippen LogP contribution in [0.4, 0.5) is 5.69 Å². The number of anilines is 1. The maximum Gasteiger partial charge on any atom is 0.251 e. The number of carbonyl (C=O) groups is 1. The first-order valence-corrected chi connectivity index (χ1v) is 6.45. The van der Waals surface area contributed by atoms with Crippen LogP contribution in [0.25, 0.3) is 0 Å². The van der Waals surface area contributed by atoms with Gasteiger partial charge in [0.2, 0.25) is 0 Å². The summed E-state index contributed by atoms with van der Waals surface area (Å²) in [6.07, 6.45) is 2.16. The van der Waals surface area contributed by atoms with Crippen LogP contribution in [-0.2, 0) is 4.74 Å². The van der Waals surface area contributed by atoms with Crippen molar-refractivity contribution < 1.29 is 9.53 Å². The summed E-state index contributed by atoms with van der Waals surface area (Å²) in [6.45, 7) is 2.18. The molecule has 98 valence electrons. The normalized spacial score (nSPS) is 19.5. The molecule has 0 aliphatic carbocycles. The van der Waals surface area contributed by atoms with Crippen molar-refractivity contribution in [1.29, 1.82) is 0 Å². The number of nitrogens with one attached hydrogen (secondary N) is 1. The van der Waals surface area contributed by atoms with Crippen molar-refractivity contribution in [2.45, 2.75) is 12.8 Å². The van der Waals surface area contributed by atoms with E-state index in [2.05, 4.69) is 5.32 Å². The Bertz CT molecular complexity index is 411. The summed E-state index contributed by atoms with van der Waals surface area (Å²) < 4.78 is 5.37. The molecule has 2 rings (SSSR count). The standard InChI is InChI=1S/C13H17ClN2O2/c14-11-4-10(5-12(15)6-11)13(17)16-7-9-2-1-3-18-8-9/h4-6,9H,1-3,7-8,15H2,(H,16,17). The van der Waals surface area contributed by atoms with Crippen molar-refractivity contribution in [3.8, 4) is 0 Å². The summed E-state index contributed by atoms with van der Waals surface area (Å²) in [5.41, 5.74) is 6.64. The lowest BCUT2D eigenvalue weighted by Crippen LogP contribution is -2.33. The van der Waals surface area contributed by atoms with Crippen LogP contribution < -0.4 is 11.1 Å². The van der Waals surface area contributed by atoms with Crippen LogP contribution in [0, 0.1) is 5.92 Å². The molecule has 0 spiro atoms. The van der Waals surface area contributed by atoms with Gasteiger partial charge >= 0.3 is 0 Å². The monoisotopic (exact) mass is 268 g/mol. The van der Waals surface area contributed by atoms with Crippen molar-refractivity contribution in [3.05, 3.63) is 28.8 Å². The molecule has 1 heterocycles. The quantitative estimate of drug-likeness (QED) is 0.825. The highest BCUT2D eigenvalue weighted by molar-refractivity contribution is 6.31. The third-order valence-corrected chi connectivity index (χ3v) is 3.21. The number of nitrogen functional groups attached to an aromatic ring is 1. The average molecular weight is 269 g/mol. The summed E-state index contributed by atoms with van der Waals surface area (Å²) in [4.78, 5) is 11.9. The van der Waals surface area contributed by atoms with Crippen LogP contribution in [0.3, 0.4) is 0 Å². The molecule has 1 amide bonds. The van der Waals surface area contributed by atoms with Gasteiger partial charge in [0.25, 0.3) is 5.91 Å². The van der Waals surface area contributed by atoms with Crippen LogP contribution in [0.2, 0.25) is 5.02 Å². The Morgan fingerprint density at radius 1 is 1.50 bits per heavy atom. The molecule has 1 saturated heterocycles. The third-order valence-electron chi connectivity index (χ3n) is 2.99. The minimum atomic E-state index is -0.144. The highest BCUT2D eigenvalue weighted by Crippen LogP contribution is 2.17. The maximum absolute atomic E-state index is 11.9. The van der Waals surface area contributed by atoms with E-state index >= 15 is 0 Å². The summed E-state index contributed by atoms with van der Waals surface area (Å²) in [5, 5.41) is 3.36. The van der Waals surface area contributed by atoms with Crippen molar-refractivity contribution in [2.24, 2.45) is 5.92 Å². The lowest BCUT2D eigenvalue weighted by atomic mass is 10.0. The summed E-state index contributed by atoms with van der Waals surface area (Å²) >= 11 is 5.86. The Morgan fingerprint density at radius 2 is 2.33 bits per heavy atom. The fraction of sp³-hybridized carbons (Fsp3) is 0.462. The van der Waals surface area contributed by atoms with Crippen LogP contribution in [0.15, 0.2) is 18.2 Å². The molecule has 1 aromatic carbocycles. The molecule has 4 nitrogen and oxygen atoms in total. The number of nitrogens with two attached hydrogens (primary N) is 1.